The predicted octanol–water partition coefficient (Wildman–Crippen LogP) is 3.61. The molecule has 0 aromatic heterocycles. The highest BCUT2D eigenvalue weighted by molar-refractivity contribution is 4.92. The van der Waals surface area contributed by atoms with Crippen molar-refractivity contribution in [1.29, 1.82) is 0 Å². The number of methoxy groups -OCH3 is 1. The summed E-state index contributed by atoms with van der Waals surface area (Å²) in [4.78, 5) is 0. The van der Waals surface area contributed by atoms with Crippen LogP contribution in [0.3, 0.4) is 0 Å². The summed E-state index contributed by atoms with van der Waals surface area (Å²) in [5, 5.41) is 3.54. The van der Waals surface area contributed by atoms with Gasteiger partial charge in [0.15, 0.2) is 0 Å². The van der Waals surface area contributed by atoms with Gasteiger partial charge in [-0.3, -0.25) is 0 Å². The number of hydrogen-bond donors (Lipinski definition) is 1. The van der Waals surface area contributed by atoms with E-state index in [1.54, 1.807) is 0 Å². The third-order valence-electron chi connectivity index (χ3n) is 4.81. The van der Waals surface area contributed by atoms with E-state index in [0.717, 1.165) is 12.3 Å². The highest BCUT2D eigenvalue weighted by Gasteiger charge is 2.39. The van der Waals surface area contributed by atoms with Gasteiger partial charge in [-0.25, -0.2) is 0 Å². The summed E-state index contributed by atoms with van der Waals surface area (Å²) in [5.74, 6) is 0.820. The molecule has 1 aliphatic rings. The van der Waals surface area contributed by atoms with Crippen LogP contribution in [0.5, 0.6) is 0 Å². The van der Waals surface area contributed by atoms with Crippen molar-refractivity contribution >= 4 is 0 Å². The van der Waals surface area contributed by atoms with Crippen LogP contribution in [0.15, 0.2) is 0 Å². The second-order valence-corrected chi connectivity index (χ2v) is 6.88. The molecule has 1 aliphatic carbocycles. The summed E-state index contributed by atoms with van der Waals surface area (Å²) < 4.78 is 5.52. The zero-order chi connectivity index (χ0) is 13.1. The summed E-state index contributed by atoms with van der Waals surface area (Å²) in [6.07, 6.45) is 6.49. The lowest BCUT2D eigenvalue weighted by Gasteiger charge is -2.35. The van der Waals surface area contributed by atoms with Crippen molar-refractivity contribution < 1.29 is 4.74 Å². The molecule has 0 spiro atoms. The monoisotopic (exact) mass is 241 g/mol. The largest absolute Gasteiger partial charge is 0.379 e. The van der Waals surface area contributed by atoms with E-state index in [2.05, 4.69) is 40.1 Å². The van der Waals surface area contributed by atoms with E-state index in [9.17, 15) is 0 Å². The molecule has 1 N–H and O–H groups in total. The minimum Gasteiger partial charge on any atom is -0.379 e. The molecule has 2 unspecified atom stereocenters. The van der Waals surface area contributed by atoms with Crippen LogP contribution in [0.4, 0.5) is 0 Å². The van der Waals surface area contributed by atoms with E-state index in [-0.39, 0.29) is 5.60 Å². The molecule has 0 aromatic rings. The SMILES string of the molecule is CNC(CCC(C)(C)OC)C1CCCC1(C)C. The van der Waals surface area contributed by atoms with Crippen LogP contribution in [0.25, 0.3) is 0 Å². The van der Waals surface area contributed by atoms with Gasteiger partial charge in [-0.15, -0.1) is 0 Å². The summed E-state index contributed by atoms with van der Waals surface area (Å²) >= 11 is 0. The van der Waals surface area contributed by atoms with Crippen LogP contribution in [0, 0.1) is 11.3 Å². The summed E-state index contributed by atoms with van der Waals surface area (Å²) in [5.41, 5.74) is 0.517. The highest BCUT2D eigenvalue weighted by atomic mass is 16.5. The Morgan fingerprint density at radius 1 is 1.41 bits per heavy atom. The average molecular weight is 241 g/mol. The van der Waals surface area contributed by atoms with E-state index in [1.807, 2.05) is 7.11 Å². The van der Waals surface area contributed by atoms with Crippen molar-refractivity contribution in [3.05, 3.63) is 0 Å². The fourth-order valence-electron chi connectivity index (χ4n) is 3.25. The van der Waals surface area contributed by atoms with Crippen LogP contribution in [0.1, 0.15) is 59.8 Å². The Kier molecular flexibility index (Phi) is 5.03. The molecule has 2 heteroatoms. The van der Waals surface area contributed by atoms with Crippen molar-refractivity contribution in [3.63, 3.8) is 0 Å². The van der Waals surface area contributed by atoms with Gasteiger partial charge in [0.2, 0.25) is 0 Å². The molecule has 2 nitrogen and oxygen atoms in total. The van der Waals surface area contributed by atoms with Crippen molar-refractivity contribution in [2.75, 3.05) is 14.2 Å². The average Bonchev–Trinajstić information content (AvgIpc) is 2.60. The van der Waals surface area contributed by atoms with Gasteiger partial charge in [0, 0.05) is 13.2 Å². The van der Waals surface area contributed by atoms with E-state index in [1.165, 1.54) is 25.7 Å². The number of nitrogens with one attached hydrogen (secondary N) is 1. The third kappa shape index (κ3) is 3.96. The van der Waals surface area contributed by atoms with E-state index in [0.29, 0.717) is 11.5 Å². The first-order chi connectivity index (χ1) is 7.82. The Morgan fingerprint density at radius 2 is 2.06 bits per heavy atom. The summed E-state index contributed by atoms with van der Waals surface area (Å²) in [6, 6.07) is 0.641. The van der Waals surface area contributed by atoms with Crippen molar-refractivity contribution in [2.45, 2.75) is 71.4 Å². The molecule has 0 saturated heterocycles. The molecule has 0 aromatic carbocycles. The van der Waals surface area contributed by atoms with Gasteiger partial charge in [0.25, 0.3) is 0 Å². The van der Waals surface area contributed by atoms with Crippen LogP contribution >= 0.6 is 0 Å². The topological polar surface area (TPSA) is 21.3 Å². The lowest BCUT2D eigenvalue weighted by atomic mass is 9.75. The molecule has 2 atom stereocenters. The first kappa shape index (κ1) is 15.0. The molecule has 1 saturated carbocycles. The summed E-state index contributed by atoms with van der Waals surface area (Å²) in [6.45, 7) is 9.21. The lowest BCUT2D eigenvalue weighted by molar-refractivity contribution is 0.00862. The lowest BCUT2D eigenvalue weighted by Crippen LogP contribution is -2.40. The van der Waals surface area contributed by atoms with E-state index in [4.69, 9.17) is 4.74 Å². The number of hydrogen-bond acceptors (Lipinski definition) is 2. The van der Waals surface area contributed by atoms with Crippen LogP contribution in [0.2, 0.25) is 0 Å². The van der Waals surface area contributed by atoms with Gasteiger partial charge < -0.3 is 10.1 Å². The molecule has 102 valence electrons. The van der Waals surface area contributed by atoms with Crippen LogP contribution in [-0.4, -0.2) is 25.8 Å². The Balaban J connectivity index is 2.54. The van der Waals surface area contributed by atoms with Crippen LogP contribution in [-0.2, 0) is 4.74 Å². The van der Waals surface area contributed by atoms with Crippen molar-refractivity contribution in [3.8, 4) is 0 Å². The Hall–Kier alpha value is -0.0800. The first-order valence-corrected chi connectivity index (χ1v) is 7.05. The molecule has 17 heavy (non-hydrogen) atoms. The number of ether oxygens (including phenoxy) is 1. The van der Waals surface area contributed by atoms with Crippen LogP contribution < -0.4 is 5.32 Å². The van der Waals surface area contributed by atoms with Crippen molar-refractivity contribution in [1.82, 2.24) is 5.32 Å². The molecule has 0 aliphatic heterocycles. The molecule has 1 rings (SSSR count). The van der Waals surface area contributed by atoms with Gasteiger partial charge in [-0.1, -0.05) is 20.3 Å². The highest BCUT2D eigenvalue weighted by Crippen LogP contribution is 2.45. The fraction of sp³-hybridized carbons (Fsp3) is 1.00. The van der Waals surface area contributed by atoms with E-state index < -0.39 is 0 Å². The molecule has 0 bridgehead atoms. The smallest absolute Gasteiger partial charge is 0.0623 e. The standard InChI is InChI=1S/C15H31NO/c1-14(2)10-7-8-12(14)13(16-5)9-11-15(3,4)17-6/h12-13,16H,7-11H2,1-6H3. The first-order valence-electron chi connectivity index (χ1n) is 7.05. The minimum absolute atomic E-state index is 0.0118. The van der Waals surface area contributed by atoms with Gasteiger partial charge >= 0.3 is 0 Å². The molecule has 0 amide bonds. The molecule has 0 radical (unpaired) electrons. The van der Waals surface area contributed by atoms with Gasteiger partial charge in [-0.2, -0.15) is 0 Å². The third-order valence-corrected chi connectivity index (χ3v) is 4.81. The Morgan fingerprint density at radius 3 is 2.47 bits per heavy atom. The maximum absolute atomic E-state index is 5.52. The molecular formula is C15H31NO. The summed E-state index contributed by atoms with van der Waals surface area (Å²) in [7, 11) is 3.92. The maximum Gasteiger partial charge on any atom is 0.0623 e. The second-order valence-electron chi connectivity index (χ2n) is 6.88. The zero-order valence-electron chi connectivity index (χ0n) is 12.6. The zero-order valence-corrected chi connectivity index (χ0v) is 12.6. The quantitative estimate of drug-likeness (QED) is 0.767. The van der Waals surface area contributed by atoms with Gasteiger partial charge in [0.1, 0.15) is 0 Å². The normalized spacial score (nSPS) is 26.1. The molecule has 0 heterocycles. The van der Waals surface area contributed by atoms with Gasteiger partial charge in [0.05, 0.1) is 5.60 Å². The van der Waals surface area contributed by atoms with E-state index >= 15 is 0 Å². The second kappa shape index (κ2) is 5.71. The maximum atomic E-state index is 5.52. The predicted molar refractivity (Wildman–Crippen MR) is 74.3 cm³/mol. The Labute approximate surface area is 108 Å². The Bertz CT molecular complexity index is 235. The fourth-order valence-corrected chi connectivity index (χ4v) is 3.25. The molecule has 1 fully saturated rings. The number of rotatable bonds is 6. The van der Waals surface area contributed by atoms with Gasteiger partial charge in [-0.05, 0) is 57.9 Å². The minimum atomic E-state index is 0.0118. The van der Waals surface area contributed by atoms with Crippen molar-refractivity contribution in [2.24, 2.45) is 11.3 Å². The molecular weight excluding hydrogens is 210 g/mol.